The summed E-state index contributed by atoms with van der Waals surface area (Å²) in [5.41, 5.74) is 3.74. The zero-order valence-corrected chi connectivity index (χ0v) is 16.5. The molecule has 5 heteroatoms. The quantitative estimate of drug-likeness (QED) is 0.329. The van der Waals surface area contributed by atoms with E-state index in [2.05, 4.69) is 21.1 Å². The highest BCUT2D eigenvalue weighted by Gasteiger charge is 2.29. The van der Waals surface area contributed by atoms with Crippen molar-refractivity contribution in [2.45, 2.75) is 13.0 Å². The first-order valence-electron chi connectivity index (χ1n) is 8.83. The van der Waals surface area contributed by atoms with Crippen LogP contribution in [0.25, 0.3) is 0 Å². The molecule has 0 saturated heterocycles. The van der Waals surface area contributed by atoms with Gasteiger partial charge in [0.05, 0.1) is 0 Å². The van der Waals surface area contributed by atoms with Crippen molar-refractivity contribution in [2.75, 3.05) is 0 Å². The topological polar surface area (TPSA) is 55.7 Å². The summed E-state index contributed by atoms with van der Waals surface area (Å²) in [6, 6.07) is 20.1. The smallest absolute Gasteiger partial charge is 0.194 e. The number of hydrogen-bond donors (Lipinski definition) is 0. The maximum atomic E-state index is 12.8. The van der Waals surface area contributed by atoms with Crippen molar-refractivity contribution in [3.05, 3.63) is 105 Å². The number of hydrogen-bond acceptors (Lipinski definition) is 4. The van der Waals surface area contributed by atoms with E-state index in [9.17, 15) is 9.59 Å². The van der Waals surface area contributed by atoms with E-state index in [1.807, 2.05) is 30.3 Å². The maximum absolute atomic E-state index is 12.8. The molecule has 4 nitrogen and oxygen atoms in total. The molecule has 0 radical (unpaired) electrons. The Kier molecular flexibility index (Phi) is 5.17. The van der Waals surface area contributed by atoms with Crippen LogP contribution in [0.5, 0.6) is 0 Å². The number of rotatable bonds is 5. The van der Waals surface area contributed by atoms with Crippen LogP contribution in [0, 0.1) is 0 Å². The Balaban J connectivity index is 1.45. The Morgan fingerprint density at radius 3 is 2.21 bits per heavy atom. The van der Waals surface area contributed by atoms with Crippen molar-refractivity contribution >= 4 is 33.7 Å². The first-order valence-corrected chi connectivity index (χ1v) is 9.63. The number of benzene rings is 3. The van der Waals surface area contributed by atoms with Crippen LogP contribution in [0.4, 0.5) is 0 Å². The third-order valence-corrected chi connectivity index (χ3v) is 5.42. The Hall–Kier alpha value is -3.05. The summed E-state index contributed by atoms with van der Waals surface area (Å²) in [4.78, 5) is 30.7. The van der Waals surface area contributed by atoms with Crippen LogP contribution in [-0.4, -0.2) is 17.8 Å². The van der Waals surface area contributed by atoms with Gasteiger partial charge in [0, 0.05) is 44.9 Å². The number of fused-ring (bicyclic) bond motifs is 2. The minimum Gasteiger partial charge on any atom is -0.391 e. The second kappa shape index (κ2) is 7.90. The molecule has 0 atom stereocenters. The molecule has 3 aromatic carbocycles. The zero-order valence-electron chi connectivity index (χ0n) is 14.9. The second-order valence-corrected chi connectivity index (χ2v) is 7.30. The lowest BCUT2D eigenvalue weighted by molar-refractivity contribution is 0.0979. The van der Waals surface area contributed by atoms with Gasteiger partial charge in [0.1, 0.15) is 6.61 Å². The lowest BCUT2D eigenvalue weighted by atomic mass is 9.83. The van der Waals surface area contributed by atoms with Crippen molar-refractivity contribution in [3.8, 4) is 0 Å². The fraction of sp³-hybridized carbons (Fsp3) is 0.0870. The van der Waals surface area contributed by atoms with Gasteiger partial charge in [-0.15, -0.1) is 0 Å². The van der Waals surface area contributed by atoms with Crippen LogP contribution in [0.2, 0.25) is 0 Å². The summed E-state index contributed by atoms with van der Waals surface area (Å²) >= 11 is 3.47. The van der Waals surface area contributed by atoms with Crippen molar-refractivity contribution in [1.82, 2.24) is 0 Å². The molecule has 3 aromatic rings. The van der Waals surface area contributed by atoms with Gasteiger partial charge in [-0.1, -0.05) is 75.7 Å². The van der Waals surface area contributed by atoms with E-state index < -0.39 is 0 Å². The summed E-state index contributed by atoms with van der Waals surface area (Å²) in [6.45, 7) is 0.367. The van der Waals surface area contributed by atoms with Gasteiger partial charge in [-0.3, -0.25) is 9.59 Å². The van der Waals surface area contributed by atoms with Gasteiger partial charge in [-0.25, -0.2) is 0 Å². The highest BCUT2D eigenvalue weighted by atomic mass is 79.9. The van der Waals surface area contributed by atoms with E-state index in [0.717, 1.165) is 15.6 Å². The molecule has 0 spiro atoms. The standard InChI is InChI=1S/C23H16BrNO3/c24-21-8-4-1-5-16(21)14-28-25-12-11-15-9-10-19-20(13-15)23(27)18-7-3-2-6-17(18)22(19)26/h1-10,12-13H,11,14H2/b25-12+. The van der Waals surface area contributed by atoms with Crippen LogP contribution in [0.3, 0.4) is 0 Å². The molecular weight excluding hydrogens is 418 g/mol. The van der Waals surface area contributed by atoms with Crippen molar-refractivity contribution in [2.24, 2.45) is 5.16 Å². The summed E-state index contributed by atoms with van der Waals surface area (Å²) in [7, 11) is 0. The molecule has 28 heavy (non-hydrogen) atoms. The van der Waals surface area contributed by atoms with Crippen LogP contribution >= 0.6 is 15.9 Å². The third kappa shape index (κ3) is 3.53. The number of carbonyl (C=O) groups is 2. The monoisotopic (exact) mass is 433 g/mol. The van der Waals surface area contributed by atoms with Gasteiger partial charge in [0.2, 0.25) is 0 Å². The first-order chi connectivity index (χ1) is 13.6. The molecule has 138 valence electrons. The van der Waals surface area contributed by atoms with E-state index in [4.69, 9.17) is 4.84 Å². The molecular formula is C23H16BrNO3. The Morgan fingerprint density at radius 2 is 1.46 bits per heavy atom. The minimum atomic E-state index is -0.117. The molecule has 0 N–H and O–H groups in total. The van der Waals surface area contributed by atoms with Gasteiger partial charge in [0.25, 0.3) is 0 Å². The first kappa shape index (κ1) is 18.3. The van der Waals surface area contributed by atoms with E-state index >= 15 is 0 Å². The maximum Gasteiger partial charge on any atom is 0.194 e. The van der Waals surface area contributed by atoms with E-state index in [1.165, 1.54) is 0 Å². The number of ketones is 2. The normalized spacial score (nSPS) is 12.8. The molecule has 0 aromatic heterocycles. The predicted octanol–water partition coefficient (Wildman–Crippen LogP) is 4.97. The average Bonchev–Trinajstić information content (AvgIpc) is 2.73. The average molecular weight is 434 g/mol. The van der Waals surface area contributed by atoms with Crippen LogP contribution < -0.4 is 0 Å². The summed E-state index contributed by atoms with van der Waals surface area (Å²) in [5.74, 6) is -0.226. The fourth-order valence-electron chi connectivity index (χ4n) is 3.19. The number of carbonyl (C=O) groups excluding carboxylic acids is 2. The van der Waals surface area contributed by atoms with Crippen molar-refractivity contribution in [3.63, 3.8) is 0 Å². The van der Waals surface area contributed by atoms with Gasteiger partial charge in [-0.2, -0.15) is 0 Å². The molecule has 0 amide bonds. The molecule has 1 aliphatic rings. The fourth-order valence-corrected chi connectivity index (χ4v) is 3.59. The highest BCUT2D eigenvalue weighted by molar-refractivity contribution is 9.10. The van der Waals surface area contributed by atoms with Crippen LogP contribution in [0.1, 0.15) is 43.0 Å². The Labute approximate surface area is 171 Å². The predicted molar refractivity (Wildman–Crippen MR) is 111 cm³/mol. The number of oxime groups is 1. The number of nitrogens with zero attached hydrogens (tertiary/aromatic N) is 1. The van der Waals surface area contributed by atoms with Crippen LogP contribution in [0.15, 0.2) is 76.4 Å². The van der Waals surface area contributed by atoms with Gasteiger partial charge in [-0.05, 0) is 17.7 Å². The van der Waals surface area contributed by atoms with E-state index in [-0.39, 0.29) is 11.6 Å². The second-order valence-electron chi connectivity index (χ2n) is 6.44. The molecule has 0 aliphatic heterocycles. The number of halogens is 1. The summed E-state index contributed by atoms with van der Waals surface area (Å²) < 4.78 is 0.975. The molecule has 0 unspecified atom stereocenters. The molecule has 4 rings (SSSR count). The molecule has 0 heterocycles. The lowest BCUT2D eigenvalue weighted by Gasteiger charge is -2.17. The molecule has 0 fully saturated rings. The third-order valence-electron chi connectivity index (χ3n) is 4.64. The van der Waals surface area contributed by atoms with E-state index in [0.29, 0.717) is 35.3 Å². The minimum absolute atomic E-state index is 0.109. The Bertz CT molecular complexity index is 1100. The van der Waals surface area contributed by atoms with Crippen molar-refractivity contribution in [1.29, 1.82) is 0 Å². The molecule has 0 bridgehead atoms. The molecule has 1 aliphatic carbocycles. The zero-order chi connectivity index (χ0) is 19.5. The lowest BCUT2D eigenvalue weighted by Crippen LogP contribution is -2.21. The van der Waals surface area contributed by atoms with Gasteiger partial charge < -0.3 is 4.84 Å². The summed E-state index contributed by atoms with van der Waals surface area (Å²) in [5, 5.41) is 3.99. The Morgan fingerprint density at radius 1 is 0.821 bits per heavy atom. The van der Waals surface area contributed by atoms with Crippen LogP contribution in [-0.2, 0) is 17.9 Å². The molecule has 0 saturated carbocycles. The largest absolute Gasteiger partial charge is 0.391 e. The highest BCUT2D eigenvalue weighted by Crippen LogP contribution is 2.27. The SMILES string of the molecule is O=C1c2ccccc2C(=O)c2cc(C/C=N/OCc3ccccc3Br)ccc21. The van der Waals surface area contributed by atoms with Crippen molar-refractivity contribution < 1.29 is 14.4 Å². The summed E-state index contributed by atoms with van der Waals surface area (Å²) in [6.07, 6.45) is 2.16. The van der Waals surface area contributed by atoms with E-state index in [1.54, 1.807) is 42.6 Å². The van der Waals surface area contributed by atoms with Gasteiger partial charge >= 0.3 is 0 Å². The van der Waals surface area contributed by atoms with Gasteiger partial charge in [0.15, 0.2) is 11.6 Å².